The molecular weight excluding hydrogens is 535 g/mol. The van der Waals surface area contributed by atoms with Crippen LogP contribution >= 0.6 is 50.5 Å². The zero-order valence-electron chi connectivity index (χ0n) is 17.1. The van der Waals surface area contributed by atoms with E-state index in [-0.39, 0.29) is 12.2 Å². The first-order valence-electron chi connectivity index (χ1n) is 9.71. The molecule has 1 aliphatic rings. The minimum absolute atomic E-state index is 0.221. The van der Waals surface area contributed by atoms with Crippen LogP contribution in [-0.2, 0) is 9.53 Å². The van der Waals surface area contributed by atoms with Crippen molar-refractivity contribution in [1.29, 1.82) is 0 Å². The number of carbonyl (C=O) groups excluding carboxylic acids is 1. The minimum Gasteiger partial charge on any atom is -0.463 e. The van der Waals surface area contributed by atoms with Gasteiger partial charge in [0, 0.05) is 4.47 Å². The third kappa shape index (κ3) is 4.22. The Hall–Kier alpha value is -2.19. The highest BCUT2D eigenvalue weighted by molar-refractivity contribution is 9.10. The smallest absolute Gasteiger partial charge is 0.338 e. The number of aromatic nitrogens is 1. The van der Waals surface area contributed by atoms with Crippen LogP contribution in [0.2, 0.25) is 10.0 Å². The van der Waals surface area contributed by atoms with Crippen LogP contribution < -0.4 is 14.9 Å². The second-order valence-electron chi connectivity index (χ2n) is 7.00. The second kappa shape index (κ2) is 9.35. The van der Waals surface area contributed by atoms with E-state index < -0.39 is 12.0 Å². The fraction of sp³-hybridized carbons (Fsp3) is 0.174. The average molecular weight is 552 g/mol. The molecule has 9 heteroatoms. The molecule has 5 nitrogen and oxygen atoms in total. The number of nitrogens with zero attached hydrogens (tertiary/aromatic N) is 2. The predicted molar refractivity (Wildman–Crippen MR) is 131 cm³/mol. The van der Waals surface area contributed by atoms with Crippen LogP contribution in [0.25, 0.3) is 6.08 Å². The molecule has 0 radical (unpaired) electrons. The Morgan fingerprint density at radius 1 is 1.28 bits per heavy atom. The molecule has 1 atom stereocenters. The van der Waals surface area contributed by atoms with Gasteiger partial charge in [-0.2, -0.15) is 0 Å². The molecule has 0 saturated carbocycles. The Balaban J connectivity index is 1.99. The Bertz CT molecular complexity index is 1440. The van der Waals surface area contributed by atoms with Gasteiger partial charge >= 0.3 is 5.97 Å². The van der Waals surface area contributed by atoms with Crippen LogP contribution in [0.3, 0.4) is 0 Å². The predicted octanol–water partition coefficient (Wildman–Crippen LogP) is 4.87. The number of rotatable bonds is 4. The van der Waals surface area contributed by atoms with E-state index in [0.717, 1.165) is 10.0 Å². The maximum absolute atomic E-state index is 13.5. The highest BCUT2D eigenvalue weighted by atomic mass is 79.9. The van der Waals surface area contributed by atoms with Crippen molar-refractivity contribution in [1.82, 2.24) is 4.57 Å². The molecule has 2 heterocycles. The topological polar surface area (TPSA) is 60.7 Å². The molecule has 0 saturated heterocycles. The van der Waals surface area contributed by atoms with E-state index in [1.54, 1.807) is 38.1 Å². The molecule has 3 aromatic rings. The van der Waals surface area contributed by atoms with Gasteiger partial charge in [0.1, 0.15) is 0 Å². The highest BCUT2D eigenvalue weighted by Crippen LogP contribution is 2.32. The van der Waals surface area contributed by atoms with E-state index in [1.807, 2.05) is 24.3 Å². The summed E-state index contributed by atoms with van der Waals surface area (Å²) >= 11 is 17.2. The summed E-state index contributed by atoms with van der Waals surface area (Å²) < 4.78 is 8.11. The SMILES string of the molecule is CCOC(=O)C1=C(C)N=c2s/c(=C\c3cccc(Cl)c3Cl)c(=O)n2[C@@H]1c1cccc(Br)c1. The number of benzene rings is 2. The zero-order valence-corrected chi connectivity index (χ0v) is 21.0. The van der Waals surface area contributed by atoms with Gasteiger partial charge in [0.05, 0.1) is 38.5 Å². The normalized spacial score (nSPS) is 16.0. The number of carbonyl (C=O) groups is 1. The summed E-state index contributed by atoms with van der Waals surface area (Å²) in [5.41, 5.74) is 1.98. The molecule has 1 aromatic heterocycles. The minimum atomic E-state index is -0.667. The molecule has 2 aromatic carbocycles. The molecule has 0 spiro atoms. The zero-order chi connectivity index (χ0) is 23.0. The summed E-state index contributed by atoms with van der Waals surface area (Å²) in [7, 11) is 0. The van der Waals surface area contributed by atoms with Crippen molar-refractivity contribution in [2.24, 2.45) is 4.99 Å². The number of ether oxygens (including phenoxy) is 1. The fourth-order valence-electron chi connectivity index (χ4n) is 3.56. The number of hydrogen-bond donors (Lipinski definition) is 0. The molecule has 1 aliphatic heterocycles. The molecule has 0 fully saturated rings. The van der Waals surface area contributed by atoms with Crippen molar-refractivity contribution in [2.45, 2.75) is 19.9 Å². The largest absolute Gasteiger partial charge is 0.463 e. The third-order valence-corrected chi connectivity index (χ3v) is 7.26. The average Bonchev–Trinajstić information content (AvgIpc) is 3.05. The molecule has 32 heavy (non-hydrogen) atoms. The number of esters is 1. The lowest BCUT2D eigenvalue weighted by Crippen LogP contribution is -2.39. The number of hydrogen-bond acceptors (Lipinski definition) is 5. The van der Waals surface area contributed by atoms with Gasteiger partial charge in [-0.3, -0.25) is 9.36 Å². The van der Waals surface area contributed by atoms with Gasteiger partial charge in [0.15, 0.2) is 4.80 Å². The van der Waals surface area contributed by atoms with Crippen molar-refractivity contribution in [3.05, 3.63) is 99.1 Å². The number of fused-ring (bicyclic) bond motifs is 1. The van der Waals surface area contributed by atoms with E-state index in [2.05, 4.69) is 20.9 Å². The Labute approximate surface area is 206 Å². The highest BCUT2D eigenvalue weighted by Gasteiger charge is 2.33. The third-order valence-electron chi connectivity index (χ3n) is 4.95. The number of halogens is 3. The van der Waals surface area contributed by atoms with E-state index >= 15 is 0 Å². The molecule has 0 bridgehead atoms. The van der Waals surface area contributed by atoms with Crippen LogP contribution in [0.5, 0.6) is 0 Å². The van der Waals surface area contributed by atoms with Crippen LogP contribution in [0.4, 0.5) is 0 Å². The summed E-state index contributed by atoms with van der Waals surface area (Å²) in [5.74, 6) is -0.495. The first-order valence-corrected chi connectivity index (χ1v) is 12.1. The second-order valence-corrected chi connectivity index (χ2v) is 9.71. The van der Waals surface area contributed by atoms with Crippen molar-refractivity contribution in [2.75, 3.05) is 6.61 Å². The molecule has 4 rings (SSSR count). The lowest BCUT2D eigenvalue weighted by Gasteiger charge is -2.24. The molecule has 0 aliphatic carbocycles. The monoisotopic (exact) mass is 550 g/mol. The van der Waals surface area contributed by atoms with Gasteiger partial charge in [-0.25, -0.2) is 9.79 Å². The first-order chi connectivity index (χ1) is 15.3. The van der Waals surface area contributed by atoms with Gasteiger partial charge in [-0.15, -0.1) is 0 Å². The summed E-state index contributed by atoms with van der Waals surface area (Å²) in [6.45, 7) is 3.71. The molecular formula is C23H17BrCl2N2O3S. The van der Waals surface area contributed by atoms with Crippen molar-refractivity contribution in [3.8, 4) is 0 Å². The summed E-state index contributed by atoms with van der Waals surface area (Å²) in [5, 5.41) is 0.771. The quantitative estimate of drug-likeness (QED) is 0.435. The standard InChI is InChI=1S/C23H17BrCl2N2O3S/c1-3-31-22(30)18-12(2)27-23-28(20(18)14-7-4-8-15(24)10-14)21(29)17(32-23)11-13-6-5-9-16(25)19(13)26/h4-11,20H,3H2,1-2H3/b17-11-/t20-/m1/s1. The Morgan fingerprint density at radius 3 is 2.75 bits per heavy atom. The van der Waals surface area contributed by atoms with Gasteiger partial charge in [-0.05, 0) is 49.2 Å². The lowest BCUT2D eigenvalue weighted by molar-refractivity contribution is -0.139. The van der Waals surface area contributed by atoms with Crippen LogP contribution in [0.1, 0.15) is 31.0 Å². The van der Waals surface area contributed by atoms with Gasteiger partial charge in [0.2, 0.25) is 0 Å². The first kappa shape index (κ1) is 23.0. The fourth-order valence-corrected chi connectivity index (χ4v) is 5.37. The summed E-state index contributed by atoms with van der Waals surface area (Å²) in [6.07, 6.45) is 1.69. The van der Waals surface area contributed by atoms with E-state index in [4.69, 9.17) is 27.9 Å². The molecule has 0 unspecified atom stereocenters. The molecule has 164 valence electrons. The summed E-state index contributed by atoms with van der Waals surface area (Å²) in [4.78, 5) is 31.5. The van der Waals surface area contributed by atoms with Crippen molar-refractivity contribution < 1.29 is 9.53 Å². The van der Waals surface area contributed by atoms with Crippen LogP contribution in [0.15, 0.2) is 68.0 Å². The number of thiazole rings is 1. The van der Waals surface area contributed by atoms with E-state index in [0.29, 0.717) is 36.2 Å². The van der Waals surface area contributed by atoms with Crippen molar-refractivity contribution in [3.63, 3.8) is 0 Å². The van der Waals surface area contributed by atoms with Gasteiger partial charge < -0.3 is 4.74 Å². The lowest BCUT2D eigenvalue weighted by atomic mass is 9.96. The van der Waals surface area contributed by atoms with Crippen molar-refractivity contribution >= 4 is 62.5 Å². The maximum Gasteiger partial charge on any atom is 0.338 e. The van der Waals surface area contributed by atoms with Gasteiger partial charge in [-0.1, -0.05) is 74.7 Å². The van der Waals surface area contributed by atoms with Crippen LogP contribution in [0, 0.1) is 0 Å². The van der Waals surface area contributed by atoms with E-state index in [9.17, 15) is 9.59 Å². The number of allylic oxidation sites excluding steroid dienone is 1. The van der Waals surface area contributed by atoms with E-state index in [1.165, 1.54) is 15.9 Å². The Morgan fingerprint density at radius 2 is 2.03 bits per heavy atom. The Kier molecular flexibility index (Phi) is 6.72. The van der Waals surface area contributed by atoms with Gasteiger partial charge in [0.25, 0.3) is 5.56 Å². The molecule has 0 N–H and O–H groups in total. The molecule has 0 amide bonds. The maximum atomic E-state index is 13.5. The summed E-state index contributed by atoms with van der Waals surface area (Å²) in [6, 6.07) is 12.1. The van der Waals surface area contributed by atoms with Crippen LogP contribution in [-0.4, -0.2) is 17.1 Å².